The summed E-state index contributed by atoms with van der Waals surface area (Å²) in [6.45, 7) is 3.99. The number of nitrogens with zero attached hydrogens (tertiary/aromatic N) is 3. The fourth-order valence-electron chi connectivity index (χ4n) is 3.77. The number of likely N-dealkylation sites (tertiary alicyclic amines) is 1. The van der Waals surface area contributed by atoms with Crippen LogP contribution in [0.1, 0.15) is 24.7 Å². The number of fused-ring (bicyclic) bond motifs is 1. The van der Waals surface area contributed by atoms with Crippen molar-refractivity contribution >= 4 is 21.6 Å². The first-order valence-electron chi connectivity index (χ1n) is 8.92. The molecule has 3 heterocycles. The topological polar surface area (TPSA) is 47.4 Å². The van der Waals surface area contributed by atoms with Crippen LogP contribution in [0.4, 0.5) is 0 Å². The summed E-state index contributed by atoms with van der Waals surface area (Å²) in [4.78, 5) is 21.3. The normalized spacial score (nSPS) is 16.3. The van der Waals surface area contributed by atoms with Gasteiger partial charge in [-0.3, -0.25) is 9.36 Å². The number of benzene rings is 1. The zero-order valence-electron chi connectivity index (χ0n) is 15.4. The van der Waals surface area contributed by atoms with Crippen LogP contribution < -0.4 is 10.3 Å². The second-order valence-electron chi connectivity index (χ2n) is 6.93. The Morgan fingerprint density at radius 2 is 1.88 bits per heavy atom. The maximum absolute atomic E-state index is 13.4. The smallest absolute Gasteiger partial charge is 0.263 e. The highest BCUT2D eigenvalue weighted by molar-refractivity contribution is 7.17. The average Bonchev–Trinajstić information content (AvgIpc) is 3.07. The molecule has 4 rings (SSSR count). The molecular formula is C20H23N3O2S. The van der Waals surface area contributed by atoms with Gasteiger partial charge in [0, 0.05) is 17.0 Å². The third-order valence-corrected chi connectivity index (χ3v) is 6.14. The molecule has 136 valence electrons. The molecule has 0 unspecified atom stereocenters. The van der Waals surface area contributed by atoms with Crippen molar-refractivity contribution in [3.63, 3.8) is 0 Å². The standard InChI is InChI=1S/C20H23N3O2S/c1-13-21-19-18(20(24)23(13)15-8-10-22(2)11-9-15)17(12-26-19)14-4-6-16(25-3)7-5-14/h4-7,12,15H,8-11H2,1-3H3. The first-order valence-corrected chi connectivity index (χ1v) is 9.79. The molecule has 2 aromatic heterocycles. The lowest BCUT2D eigenvalue weighted by Crippen LogP contribution is -2.36. The highest BCUT2D eigenvalue weighted by Gasteiger charge is 2.23. The largest absolute Gasteiger partial charge is 0.497 e. The number of rotatable bonds is 3. The van der Waals surface area contributed by atoms with Crippen LogP contribution in [0.25, 0.3) is 21.3 Å². The SMILES string of the molecule is COc1ccc(-c2csc3nc(C)n(C4CCN(C)CC4)c(=O)c23)cc1. The van der Waals surface area contributed by atoms with Crippen LogP contribution in [0.2, 0.25) is 0 Å². The molecule has 0 bridgehead atoms. The predicted molar refractivity (Wildman–Crippen MR) is 106 cm³/mol. The number of hydrogen-bond donors (Lipinski definition) is 0. The molecule has 1 fully saturated rings. The van der Waals surface area contributed by atoms with Crippen LogP contribution in [-0.4, -0.2) is 41.7 Å². The van der Waals surface area contributed by atoms with E-state index in [9.17, 15) is 4.79 Å². The minimum Gasteiger partial charge on any atom is -0.497 e. The molecular weight excluding hydrogens is 346 g/mol. The first kappa shape index (κ1) is 17.2. The molecule has 1 aromatic carbocycles. The van der Waals surface area contributed by atoms with E-state index in [0.717, 1.165) is 58.8 Å². The van der Waals surface area contributed by atoms with Crippen molar-refractivity contribution in [2.45, 2.75) is 25.8 Å². The van der Waals surface area contributed by atoms with Gasteiger partial charge in [0.2, 0.25) is 0 Å². The molecule has 0 aliphatic carbocycles. The minimum atomic E-state index is 0.0918. The van der Waals surface area contributed by atoms with E-state index >= 15 is 0 Å². The van der Waals surface area contributed by atoms with Crippen LogP contribution in [0.15, 0.2) is 34.4 Å². The van der Waals surface area contributed by atoms with Gasteiger partial charge in [0.15, 0.2) is 0 Å². The van der Waals surface area contributed by atoms with Crippen LogP contribution in [0, 0.1) is 6.92 Å². The zero-order chi connectivity index (χ0) is 18.3. The van der Waals surface area contributed by atoms with Gasteiger partial charge in [-0.2, -0.15) is 0 Å². The summed E-state index contributed by atoms with van der Waals surface area (Å²) in [5.74, 6) is 1.63. The summed E-state index contributed by atoms with van der Waals surface area (Å²) < 4.78 is 7.17. The monoisotopic (exact) mass is 369 g/mol. The lowest BCUT2D eigenvalue weighted by atomic mass is 10.0. The maximum atomic E-state index is 13.4. The molecule has 0 N–H and O–H groups in total. The molecule has 26 heavy (non-hydrogen) atoms. The highest BCUT2D eigenvalue weighted by atomic mass is 32.1. The molecule has 0 spiro atoms. The average molecular weight is 369 g/mol. The highest BCUT2D eigenvalue weighted by Crippen LogP contribution is 2.33. The van der Waals surface area contributed by atoms with E-state index in [4.69, 9.17) is 9.72 Å². The predicted octanol–water partition coefficient (Wildman–Crippen LogP) is 3.71. The van der Waals surface area contributed by atoms with Gasteiger partial charge < -0.3 is 9.64 Å². The van der Waals surface area contributed by atoms with Gasteiger partial charge in [0.05, 0.1) is 12.5 Å². The van der Waals surface area contributed by atoms with Gasteiger partial charge in [-0.15, -0.1) is 11.3 Å². The van der Waals surface area contributed by atoms with Gasteiger partial charge in [-0.25, -0.2) is 4.98 Å². The van der Waals surface area contributed by atoms with Gasteiger partial charge in [0.1, 0.15) is 16.4 Å². The van der Waals surface area contributed by atoms with Crippen molar-refractivity contribution in [2.75, 3.05) is 27.2 Å². The van der Waals surface area contributed by atoms with E-state index in [0.29, 0.717) is 0 Å². The quantitative estimate of drug-likeness (QED) is 0.706. The Balaban J connectivity index is 1.84. The van der Waals surface area contributed by atoms with Gasteiger partial charge in [0.25, 0.3) is 5.56 Å². The Bertz CT molecular complexity index is 983. The molecule has 1 saturated heterocycles. The van der Waals surface area contributed by atoms with Gasteiger partial charge >= 0.3 is 0 Å². The Morgan fingerprint density at radius 3 is 2.54 bits per heavy atom. The van der Waals surface area contributed by atoms with Crippen molar-refractivity contribution in [1.29, 1.82) is 0 Å². The Hall–Kier alpha value is -2.18. The number of ether oxygens (including phenoxy) is 1. The van der Waals surface area contributed by atoms with E-state index in [1.807, 2.05) is 41.1 Å². The minimum absolute atomic E-state index is 0.0918. The number of aromatic nitrogens is 2. The first-order chi connectivity index (χ1) is 12.6. The lowest BCUT2D eigenvalue weighted by Gasteiger charge is -2.31. The summed E-state index contributed by atoms with van der Waals surface area (Å²) in [5.41, 5.74) is 2.08. The number of methoxy groups -OCH3 is 1. The molecule has 6 heteroatoms. The molecule has 0 radical (unpaired) electrons. The van der Waals surface area contributed by atoms with Crippen molar-refractivity contribution in [1.82, 2.24) is 14.5 Å². The molecule has 0 saturated carbocycles. The third kappa shape index (κ3) is 2.93. The Kier molecular flexibility index (Phi) is 4.54. The van der Waals surface area contributed by atoms with Crippen molar-refractivity contribution in [2.24, 2.45) is 0 Å². The second kappa shape index (κ2) is 6.85. The van der Waals surface area contributed by atoms with E-state index < -0.39 is 0 Å². The summed E-state index contributed by atoms with van der Waals surface area (Å²) in [7, 11) is 3.79. The van der Waals surface area contributed by atoms with Crippen LogP contribution >= 0.6 is 11.3 Å². The maximum Gasteiger partial charge on any atom is 0.263 e. The van der Waals surface area contributed by atoms with Crippen molar-refractivity contribution < 1.29 is 4.74 Å². The molecule has 0 amide bonds. The van der Waals surface area contributed by atoms with Crippen molar-refractivity contribution in [3.05, 3.63) is 45.8 Å². The van der Waals surface area contributed by atoms with E-state index in [1.165, 1.54) is 11.3 Å². The number of thiophene rings is 1. The summed E-state index contributed by atoms with van der Waals surface area (Å²) in [6, 6.07) is 8.09. The van der Waals surface area contributed by atoms with Crippen molar-refractivity contribution in [3.8, 4) is 16.9 Å². The second-order valence-corrected chi connectivity index (χ2v) is 7.78. The third-order valence-electron chi connectivity index (χ3n) is 5.27. The summed E-state index contributed by atoms with van der Waals surface area (Å²) >= 11 is 1.54. The molecule has 1 aliphatic heterocycles. The zero-order valence-corrected chi connectivity index (χ0v) is 16.2. The number of hydrogen-bond acceptors (Lipinski definition) is 5. The lowest BCUT2D eigenvalue weighted by molar-refractivity contribution is 0.216. The van der Waals surface area contributed by atoms with Gasteiger partial charge in [-0.05, 0) is 57.6 Å². The number of piperidine rings is 1. The number of aryl methyl sites for hydroxylation is 1. The van der Waals surface area contributed by atoms with Crippen LogP contribution in [0.5, 0.6) is 5.75 Å². The van der Waals surface area contributed by atoms with E-state index in [-0.39, 0.29) is 11.6 Å². The van der Waals surface area contributed by atoms with E-state index in [2.05, 4.69) is 11.9 Å². The molecule has 3 aromatic rings. The van der Waals surface area contributed by atoms with Crippen LogP contribution in [0.3, 0.4) is 0 Å². The summed E-state index contributed by atoms with van der Waals surface area (Å²) in [5, 5.41) is 2.78. The summed E-state index contributed by atoms with van der Waals surface area (Å²) in [6.07, 6.45) is 1.98. The van der Waals surface area contributed by atoms with E-state index in [1.54, 1.807) is 7.11 Å². The Labute approximate surface area is 156 Å². The van der Waals surface area contributed by atoms with Crippen LogP contribution in [-0.2, 0) is 0 Å². The Morgan fingerprint density at radius 1 is 1.19 bits per heavy atom. The molecule has 5 nitrogen and oxygen atoms in total. The molecule has 0 atom stereocenters. The fraction of sp³-hybridized carbons (Fsp3) is 0.400. The molecule has 1 aliphatic rings. The van der Waals surface area contributed by atoms with Gasteiger partial charge in [-0.1, -0.05) is 12.1 Å². The fourth-order valence-corrected chi connectivity index (χ4v) is 4.75.